The Balaban J connectivity index is 1.99. The maximum absolute atomic E-state index is 13.1. The first-order valence-corrected chi connectivity index (χ1v) is 10.7. The molecule has 0 atom stereocenters. The lowest BCUT2D eigenvalue weighted by atomic mass is 10.0. The van der Waals surface area contributed by atoms with Crippen LogP contribution in [-0.2, 0) is 16.4 Å². The van der Waals surface area contributed by atoms with Gasteiger partial charge in [-0.3, -0.25) is 4.79 Å². The largest absolute Gasteiger partial charge is 0.308 e. The zero-order valence-corrected chi connectivity index (χ0v) is 17.2. The van der Waals surface area contributed by atoms with Gasteiger partial charge in [0.05, 0.1) is 5.02 Å². The number of sulfonamides is 1. The summed E-state index contributed by atoms with van der Waals surface area (Å²) in [6.45, 7) is 5.84. The third-order valence-corrected chi connectivity index (χ3v) is 6.50. The van der Waals surface area contributed by atoms with Crippen molar-refractivity contribution in [3.05, 3.63) is 58.6 Å². The van der Waals surface area contributed by atoms with Gasteiger partial charge in [-0.05, 0) is 63.4 Å². The maximum atomic E-state index is 13.1. The molecule has 1 aliphatic heterocycles. The molecule has 2 aromatic carbocycles. The lowest BCUT2D eigenvalue weighted by molar-refractivity contribution is 0.0985. The van der Waals surface area contributed by atoms with Gasteiger partial charge in [0.2, 0.25) is 10.0 Å². The van der Waals surface area contributed by atoms with E-state index in [2.05, 4.69) is 4.72 Å². The number of nitrogens with one attached hydrogen (secondary N) is 1. The topological polar surface area (TPSA) is 66.5 Å². The summed E-state index contributed by atoms with van der Waals surface area (Å²) >= 11 is 6.14. The Kier molecular flexibility index (Phi) is 5.34. The fraction of sp³-hybridized carbons (Fsp3) is 0.350. The minimum absolute atomic E-state index is 0.0855. The minimum atomic E-state index is -3.85. The third-order valence-electron chi connectivity index (χ3n) is 4.26. The summed E-state index contributed by atoms with van der Waals surface area (Å²) in [6, 6.07) is 12.2. The van der Waals surface area contributed by atoms with Gasteiger partial charge in [0.15, 0.2) is 0 Å². The quantitative estimate of drug-likeness (QED) is 0.837. The SMILES string of the molecule is CC(C)(C)NS(=O)(=O)c1cc(C(=O)N2CCCc3ccccc32)ccc1Cl. The number of hydrogen-bond acceptors (Lipinski definition) is 3. The van der Waals surface area contributed by atoms with Crippen LogP contribution in [0, 0.1) is 0 Å². The van der Waals surface area contributed by atoms with E-state index in [1.54, 1.807) is 31.7 Å². The molecule has 7 heteroatoms. The van der Waals surface area contributed by atoms with Gasteiger partial charge >= 0.3 is 0 Å². The van der Waals surface area contributed by atoms with Crippen molar-refractivity contribution in [2.45, 2.75) is 44.0 Å². The molecule has 0 fully saturated rings. The van der Waals surface area contributed by atoms with Gasteiger partial charge < -0.3 is 4.90 Å². The molecular weight excluding hydrogens is 384 g/mol. The van der Waals surface area contributed by atoms with Crippen molar-refractivity contribution in [1.82, 2.24) is 4.72 Å². The van der Waals surface area contributed by atoms with Crippen molar-refractivity contribution in [2.75, 3.05) is 11.4 Å². The Bertz CT molecular complexity index is 981. The number of amides is 1. The lowest BCUT2D eigenvalue weighted by Crippen LogP contribution is -2.40. The van der Waals surface area contributed by atoms with Crippen molar-refractivity contribution in [1.29, 1.82) is 0 Å². The van der Waals surface area contributed by atoms with E-state index < -0.39 is 15.6 Å². The first-order valence-electron chi connectivity index (χ1n) is 8.82. The van der Waals surface area contributed by atoms with E-state index in [1.165, 1.54) is 12.1 Å². The average molecular weight is 407 g/mol. The monoisotopic (exact) mass is 406 g/mol. The van der Waals surface area contributed by atoms with Crippen LogP contribution in [0.15, 0.2) is 47.4 Å². The van der Waals surface area contributed by atoms with Crippen molar-refractivity contribution >= 4 is 33.2 Å². The standard InChI is InChI=1S/C20H23ClN2O3S/c1-20(2,3)22-27(25,26)18-13-15(10-11-16(18)21)19(24)23-12-6-8-14-7-4-5-9-17(14)23/h4-5,7,9-11,13,22H,6,8,12H2,1-3H3. The third kappa shape index (κ3) is 4.34. The van der Waals surface area contributed by atoms with Crippen molar-refractivity contribution in [3.8, 4) is 0 Å². The number of anilines is 1. The van der Waals surface area contributed by atoms with E-state index in [0.29, 0.717) is 12.1 Å². The fourth-order valence-electron chi connectivity index (χ4n) is 3.20. The second-order valence-corrected chi connectivity index (χ2v) is 9.75. The molecule has 3 rings (SSSR count). The van der Waals surface area contributed by atoms with Crippen LogP contribution in [0.1, 0.15) is 43.1 Å². The number of benzene rings is 2. The first kappa shape index (κ1) is 19.9. The highest BCUT2D eigenvalue weighted by molar-refractivity contribution is 7.89. The molecule has 0 radical (unpaired) electrons. The van der Waals surface area contributed by atoms with E-state index in [-0.39, 0.29) is 15.8 Å². The summed E-state index contributed by atoms with van der Waals surface area (Å²) < 4.78 is 28.0. The Hall–Kier alpha value is -1.89. The molecule has 1 amide bonds. The molecule has 0 unspecified atom stereocenters. The molecule has 0 aromatic heterocycles. The van der Waals surface area contributed by atoms with Crippen molar-refractivity contribution in [3.63, 3.8) is 0 Å². The lowest BCUT2D eigenvalue weighted by Gasteiger charge is -2.29. The molecule has 27 heavy (non-hydrogen) atoms. The van der Waals surface area contributed by atoms with Crippen LogP contribution in [0.3, 0.4) is 0 Å². The van der Waals surface area contributed by atoms with Crippen LogP contribution in [0.2, 0.25) is 5.02 Å². The van der Waals surface area contributed by atoms with Crippen LogP contribution >= 0.6 is 11.6 Å². The van der Waals surface area contributed by atoms with E-state index in [9.17, 15) is 13.2 Å². The highest BCUT2D eigenvalue weighted by atomic mass is 35.5. The molecule has 0 bridgehead atoms. The number of carbonyl (C=O) groups excluding carboxylic acids is 1. The van der Waals surface area contributed by atoms with E-state index in [0.717, 1.165) is 24.1 Å². The molecule has 0 spiro atoms. The Labute approximate surface area is 165 Å². The molecule has 144 valence electrons. The number of hydrogen-bond donors (Lipinski definition) is 1. The number of aryl methyl sites for hydroxylation is 1. The van der Waals surface area contributed by atoms with Crippen molar-refractivity contribution in [2.24, 2.45) is 0 Å². The Morgan fingerprint density at radius 3 is 2.56 bits per heavy atom. The molecule has 1 aliphatic rings. The van der Waals surface area contributed by atoms with Gasteiger partial charge in [0, 0.05) is 23.3 Å². The fourth-order valence-corrected chi connectivity index (χ4v) is 5.15. The minimum Gasteiger partial charge on any atom is -0.308 e. The van der Waals surface area contributed by atoms with Gasteiger partial charge in [-0.1, -0.05) is 29.8 Å². The smallest absolute Gasteiger partial charge is 0.258 e. The van der Waals surface area contributed by atoms with Crippen molar-refractivity contribution < 1.29 is 13.2 Å². The number of rotatable bonds is 3. The predicted molar refractivity (Wildman–Crippen MR) is 108 cm³/mol. The molecule has 1 heterocycles. The van der Waals surface area contributed by atoms with Crippen LogP contribution in [0.25, 0.3) is 0 Å². The second-order valence-electron chi connectivity index (χ2n) is 7.69. The molecule has 0 aliphatic carbocycles. The number of fused-ring (bicyclic) bond motifs is 1. The number of carbonyl (C=O) groups is 1. The molecule has 2 aromatic rings. The van der Waals surface area contributed by atoms with Gasteiger partial charge in [-0.25, -0.2) is 13.1 Å². The van der Waals surface area contributed by atoms with E-state index in [4.69, 9.17) is 11.6 Å². The average Bonchev–Trinajstić information content (AvgIpc) is 2.59. The van der Waals surface area contributed by atoms with Gasteiger partial charge in [0.1, 0.15) is 4.90 Å². The van der Waals surface area contributed by atoms with E-state index >= 15 is 0 Å². The molecule has 5 nitrogen and oxygen atoms in total. The molecule has 0 saturated heterocycles. The summed E-state index contributed by atoms with van der Waals surface area (Å²) in [6.07, 6.45) is 1.79. The van der Waals surface area contributed by atoms with Gasteiger partial charge in [-0.2, -0.15) is 0 Å². The highest BCUT2D eigenvalue weighted by Gasteiger charge is 2.28. The number of nitrogens with zero attached hydrogens (tertiary/aromatic N) is 1. The summed E-state index contributed by atoms with van der Waals surface area (Å²) in [4.78, 5) is 14.7. The maximum Gasteiger partial charge on any atom is 0.258 e. The summed E-state index contributed by atoms with van der Waals surface area (Å²) in [5.41, 5.74) is 1.63. The molecule has 1 N–H and O–H groups in total. The Morgan fingerprint density at radius 1 is 1.15 bits per heavy atom. The van der Waals surface area contributed by atoms with Gasteiger partial charge in [0.25, 0.3) is 5.91 Å². The first-order chi connectivity index (χ1) is 12.6. The van der Waals surface area contributed by atoms with Crippen LogP contribution in [-0.4, -0.2) is 26.4 Å². The second kappa shape index (κ2) is 7.26. The van der Waals surface area contributed by atoms with Gasteiger partial charge in [-0.15, -0.1) is 0 Å². The zero-order chi connectivity index (χ0) is 19.8. The Morgan fingerprint density at radius 2 is 1.85 bits per heavy atom. The van der Waals surface area contributed by atoms with Crippen LogP contribution in [0.5, 0.6) is 0 Å². The molecule has 0 saturated carbocycles. The predicted octanol–water partition coefficient (Wildman–Crippen LogP) is 4.01. The number of halogens is 1. The van der Waals surface area contributed by atoms with Crippen LogP contribution < -0.4 is 9.62 Å². The zero-order valence-electron chi connectivity index (χ0n) is 15.6. The van der Waals surface area contributed by atoms with Crippen LogP contribution in [0.4, 0.5) is 5.69 Å². The van der Waals surface area contributed by atoms with E-state index in [1.807, 2.05) is 24.3 Å². The summed E-state index contributed by atoms with van der Waals surface area (Å²) in [7, 11) is -3.85. The highest BCUT2D eigenvalue weighted by Crippen LogP contribution is 2.30. The summed E-state index contributed by atoms with van der Waals surface area (Å²) in [5, 5.41) is 0.0855. The normalized spacial score (nSPS) is 14.7. The molecular formula is C20H23ClN2O3S. The summed E-state index contributed by atoms with van der Waals surface area (Å²) in [5.74, 6) is -0.231. The number of para-hydroxylation sites is 1.